The van der Waals surface area contributed by atoms with E-state index in [2.05, 4.69) is 34.5 Å². The molecule has 3 nitrogen and oxygen atoms in total. The standard InChI is InChI=1S/C18H20N2OS/c1-2-21-16-11-9-15(10-12-16)19-18(22)20-13-5-7-14-6-3-4-8-17(14)20/h3-4,6,8-12H,2,5,7,13H2,1H3,(H,19,22). The van der Waals surface area contributed by atoms with Crippen molar-refractivity contribution < 1.29 is 4.74 Å². The summed E-state index contributed by atoms with van der Waals surface area (Å²) in [5.41, 5.74) is 3.57. The molecule has 3 rings (SSSR count). The summed E-state index contributed by atoms with van der Waals surface area (Å²) >= 11 is 5.60. The van der Waals surface area contributed by atoms with Crippen LogP contribution in [-0.4, -0.2) is 18.3 Å². The highest BCUT2D eigenvalue weighted by Gasteiger charge is 2.19. The van der Waals surface area contributed by atoms with Gasteiger partial charge in [-0.25, -0.2) is 0 Å². The van der Waals surface area contributed by atoms with Crippen LogP contribution in [-0.2, 0) is 6.42 Å². The molecule has 0 amide bonds. The molecule has 22 heavy (non-hydrogen) atoms. The molecule has 0 unspecified atom stereocenters. The normalized spacial score (nSPS) is 13.4. The summed E-state index contributed by atoms with van der Waals surface area (Å²) in [5, 5.41) is 4.07. The van der Waals surface area contributed by atoms with E-state index in [1.165, 1.54) is 11.3 Å². The first-order valence-electron chi connectivity index (χ1n) is 7.67. The number of rotatable bonds is 3. The van der Waals surface area contributed by atoms with Crippen molar-refractivity contribution in [2.45, 2.75) is 19.8 Å². The zero-order valence-corrected chi connectivity index (χ0v) is 13.5. The number of fused-ring (bicyclic) bond motifs is 1. The molecule has 2 aromatic carbocycles. The molecule has 0 spiro atoms. The van der Waals surface area contributed by atoms with Gasteiger partial charge in [-0.15, -0.1) is 0 Å². The molecular formula is C18H20N2OS. The average Bonchev–Trinajstić information content (AvgIpc) is 2.56. The maximum absolute atomic E-state index is 5.60. The van der Waals surface area contributed by atoms with Crippen LogP contribution in [0, 0.1) is 0 Å². The number of anilines is 2. The summed E-state index contributed by atoms with van der Waals surface area (Å²) in [7, 11) is 0. The van der Waals surface area contributed by atoms with Gasteiger partial charge in [-0.3, -0.25) is 0 Å². The highest BCUT2D eigenvalue weighted by atomic mass is 32.1. The Morgan fingerprint density at radius 3 is 2.73 bits per heavy atom. The number of ether oxygens (including phenoxy) is 1. The Morgan fingerprint density at radius 2 is 1.95 bits per heavy atom. The lowest BCUT2D eigenvalue weighted by molar-refractivity contribution is 0.340. The van der Waals surface area contributed by atoms with Gasteiger partial charge in [0, 0.05) is 17.9 Å². The SMILES string of the molecule is CCOc1ccc(NC(=S)N2CCCc3ccccc32)cc1. The lowest BCUT2D eigenvalue weighted by Crippen LogP contribution is -2.38. The fourth-order valence-corrected chi connectivity index (χ4v) is 3.04. The Labute approximate surface area is 136 Å². The molecule has 0 bridgehead atoms. The van der Waals surface area contributed by atoms with Crippen LogP contribution in [0.3, 0.4) is 0 Å². The van der Waals surface area contributed by atoms with Crippen LogP contribution in [0.15, 0.2) is 48.5 Å². The number of aryl methyl sites for hydroxylation is 1. The highest BCUT2D eigenvalue weighted by Crippen LogP contribution is 2.27. The first kappa shape index (κ1) is 14.9. The van der Waals surface area contributed by atoms with Gasteiger partial charge in [0.2, 0.25) is 0 Å². The Kier molecular flexibility index (Phi) is 4.59. The number of benzene rings is 2. The van der Waals surface area contributed by atoms with Crippen LogP contribution in [0.25, 0.3) is 0 Å². The van der Waals surface area contributed by atoms with Gasteiger partial charge in [0.15, 0.2) is 5.11 Å². The van der Waals surface area contributed by atoms with Crippen LogP contribution < -0.4 is 15.0 Å². The molecule has 2 aromatic rings. The molecule has 1 aliphatic rings. The molecule has 0 saturated carbocycles. The van der Waals surface area contributed by atoms with E-state index in [1.807, 2.05) is 31.2 Å². The fraction of sp³-hybridized carbons (Fsp3) is 0.278. The van der Waals surface area contributed by atoms with Gasteiger partial charge in [0.25, 0.3) is 0 Å². The zero-order chi connectivity index (χ0) is 15.4. The lowest BCUT2D eigenvalue weighted by atomic mass is 10.0. The molecule has 114 valence electrons. The van der Waals surface area contributed by atoms with Crippen molar-refractivity contribution in [1.29, 1.82) is 0 Å². The van der Waals surface area contributed by atoms with Gasteiger partial charge in [-0.2, -0.15) is 0 Å². The molecule has 1 heterocycles. The van der Waals surface area contributed by atoms with E-state index in [1.54, 1.807) is 0 Å². The molecule has 0 aliphatic carbocycles. The third-order valence-corrected chi connectivity index (χ3v) is 4.09. The van der Waals surface area contributed by atoms with Crippen LogP contribution in [0.1, 0.15) is 18.9 Å². The third kappa shape index (κ3) is 3.22. The Balaban J connectivity index is 1.72. The Hall–Kier alpha value is -2.07. The number of para-hydroxylation sites is 1. The summed E-state index contributed by atoms with van der Waals surface area (Å²) in [6.07, 6.45) is 2.25. The van der Waals surface area contributed by atoms with Crippen molar-refractivity contribution in [3.63, 3.8) is 0 Å². The summed E-state index contributed by atoms with van der Waals surface area (Å²) < 4.78 is 5.46. The van der Waals surface area contributed by atoms with Gasteiger partial charge >= 0.3 is 0 Å². The largest absolute Gasteiger partial charge is 0.494 e. The van der Waals surface area contributed by atoms with Gasteiger partial charge in [0.1, 0.15) is 5.75 Å². The zero-order valence-electron chi connectivity index (χ0n) is 12.7. The second kappa shape index (κ2) is 6.79. The second-order valence-corrected chi connectivity index (χ2v) is 5.66. The Bertz CT molecular complexity index is 654. The lowest BCUT2D eigenvalue weighted by Gasteiger charge is -2.31. The highest BCUT2D eigenvalue weighted by molar-refractivity contribution is 7.80. The topological polar surface area (TPSA) is 24.5 Å². The minimum Gasteiger partial charge on any atom is -0.494 e. The number of hydrogen-bond donors (Lipinski definition) is 1. The van der Waals surface area contributed by atoms with E-state index in [4.69, 9.17) is 17.0 Å². The minimum absolute atomic E-state index is 0.676. The number of nitrogens with one attached hydrogen (secondary N) is 1. The average molecular weight is 312 g/mol. The van der Waals surface area contributed by atoms with Crippen LogP contribution in [0.4, 0.5) is 11.4 Å². The van der Waals surface area contributed by atoms with E-state index >= 15 is 0 Å². The summed E-state index contributed by atoms with van der Waals surface area (Å²) in [6.45, 7) is 3.62. The summed E-state index contributed by atoms with van der Waals surface area (Å²) in [4.78, 5) is 2.19. The number of thiocarbonyl (C=S) groups is 1. The molecule has 0 atom stereocenters. The minimum atomic E-state index is 0.676. The van der Waals surface area contributed by atoms with E-state index in [0.717, 1.165) is 35.9 Å². The first-order chi connectivity index (χ1) is 10.8. The molecule has 1 N–H and O–H groups in total. The van der Waals surface area contributed by atoms with Gasteiger partial charge in [0.05, 0.1) is 6.61 Å². The second-order valence-electron chi connectivity index (χ2n) is 5.27. The van der Waals surface area contributed by atoms with E-state index in [9.17, 15) is 0 Å². The van der Waals surface area contributed by atoms with Crippen molar-refractivity contribution in [1.82, 2.24) is 0 Å². The first-order valence-corrected chi connectivity index (χ1v) is 8.08. The van der Waals surface area contributed by atoms with Crippen molar-refractivity contribution in [2.75, 3.05) is 23.4 Å². The monoisotopic (exact) mass is 312 g/mol. The molecule has 1 aliphatic heterocycles. The number of hydrogen-bond acceptors (Lipinski definition) is 2. The van der Waals surface area contributed by atoms with Gasteiger partial charge in [-0.1, -0.05) is 18.2 Å². The molecular weight excluding hydrogens is 292 g/mol. The maximum Gasteiger partial charge on any atom is 0.177 e. The summed E-state index contributed by atoms with van der Waals surface area (Å²) in [6, 6.07) is 16.4. The van der Waals surface area contributed by atoms with Crippen molar-refractivity contribution >= 4 is 28.7 Å². The van der Waals surface area contributed by atoms with E-state index < -0.39 is 0 Å². The maximum atomic E-state index is 5.60. The van der Waals surface area contributed by atoms with Crippen LogP contribution >= 0.6 is 12.2 Å². The molecule has 4 heteroatoms. The Morgan fingerprint density at radius 1 is 1.18 bits per heavy atom. The molecule has 0 radical (unpaired) electrons. The van der Waals surface area contributed by atoms with Gasteiger partial charge < -0.3 is 15.0 Å². The predicted molar refractivity (Wildman–Crippen MR) is 95.9 cm³/mol. The molecule has 0 aromatic heterocycles. The molecule has 0 saturated heterocycles. The van der Waals surface area contributed by atoms with Crippen LogP contribution in [0.2, 0.25) is 0 Å². The summed E-state index contributed by atoms with van der Waals surface area (Å²) in [5.74, 6) is 0.877. The van der Waals surface area contributed by atoms with Crippen molar-refractivity contribution in [3.05, 3.63) is 54.1 Å². The van der Waals surface area contributed by atoms with Crippen molar-refractivity contribution in [3.8, 4) is 5.75 Å². The van der Waals surface area contributed by atoms with E-state index in [0.29, 0.717) is 6.61 Å². The van der Waals surface area contributed by atoms with Gasteiger partial charge in [-0.05, 0) is 67.9 Å². The third-order valence-electron chi connectivity index (χ3n) is 3.77. The quantitative estimate of drug-likeness (QED) is 0.857. The predicted octanol–water partition coefficient (Wildman–Crippen LogP) is 4.23. The number of nitrogens with zero attached hydrogens (tertiary/aromatic N) is 1. The molecule has 0 fully saturated rings. The fourth-order valence-electron chi connectivity index (χ4n) is 2.74. The van der Waals surface area contributed by atoms with Crippen molar-refractivity contribution in [2.24, 2.45) is 0 Å². The smallest absolute Gasteiger partial charge is 0.177 e. The van der Waals surface area contributed by atoms with E-state index in [-0.39, 0.29) is 0 Å². The van der Waals surface area contributed by atoms with Crippen LogP contribution in [0.5, 0.6) is 5.75 Å².